The van der Waals surface area contributed by atoms with E-state index >= 15 is 0 Å². The van der Waals surface area contributed by atoms with E-state index in [4.69, 9.17) is 23.2 Å². The van der Waals surface area contributed by atoms with Crippen LogP contribution in [0.2, 0.25) is 10.0 Å². The second-order valence-electron chi connectivity index (χ2n) is 5.60. The van der Waals surface area contributed by atoms with E-state index < -0.39 is 0 Å². The minimum absolute atomic E-state index is 0.215. The van der Waals surface area contributed by atoms with E-state index in [0.29, 0.717) is 26.8 Å². The molecule has 24 heavy (non-hydrogen) atoms. The average molecular weight is 359 g/mol. The zero-order valence-corrected chi connectivity index (χ0v) is 14.4. The lowest BCUT2D eigenvalue weighted by molar-refractivity contribution is 0.777. The molecule has 0 amide bonds. The summed E-state index contributed by atoms with van der Waals surface area (Å²) in [5.41, 5.74) is 2.27. The highest BCUT2D eigenvalue weighted by atomic mass is 35.5. The van der Waals surface area contributed by atoms with E-state index in [1.165, 1.54) is 0 Å². The summed E-state index contributed by atoms with van der Waals surface area (Å²) in [7, 11) is 1.78. The molecule has 0 aliphatic heterocycles. The largest absolute Gasteiger partial charge is 0.284 e. The van der Waals surface area contributed by atoms with Crippen molar-refractivity contribution in [3.8, 4) is 5.69 Å². The Bertz CT molecular complexity index is 1180. The predicted octanol–water partition coefficient (Wildman–Crippen LogP) is 3.89. The molecule has 0 fully saturated rings. The summed E-state index contributed by atoms with van der Waals surface area (Å²) in [6, 6.07) is 7.12. The molecule has 0 bridgehead atoms. The number of aromatic nitrogens is 4. The van der Waals surface area contributed by atoms with Crippen LogP contribution in [-0.4, -0.2) is 19.3 Å². The summed E-state index contributed by atoms with van der Waals surface area (Å²) in [6.45, 7) is 1.85. The molecule has 0 aliphatic rings. The van der Waals surface area contributed by atoms with Gasteiger partial charge in [0.05, 0.1) is 26.9 Å². The van der Waals surface area contributed by atoms with Gasteiger partial charge >= 0.3 is 0 Å². The standard InChI is InChI=1S/C17H12Cl2N4O/c1-9-14(4-3-5-20-9)23-15-7-13(19)12(18)6-10(15)11-8-22(2)21-16(11)17(23)24/h3-8H,1-2H3. The molecule has 0 radical (unpaired) electrons. The quantitative estimate of drug-likeness (QED) is 0.518. The molecule has 7 heteroatoms. The van der Waals surface area contributed by atoms with Gasteiger partial charge in [0, 0.05) is 30.2 Å². The van der Waals surface area contributed by atoms with Crippen molar-refractivity contribution in [1.82, 2.24) is 19.3 Å². The maximum Gasteiger partial charge on any atom is 0.284 e. The first kappa shape index (κ1) is 15.2. The van der Waals surface area contributed by atoms with Crippen molar-refractivity contribution in [3.63, 3.8) is 0 Å². The summed E-state index contributed by atoms with van der Waals surface area (Å²) >= 11 is 12.4. The van der Waals surface area contributed by atoms with Gasteiger partial charge in [-0.25, -0.2) is 0 Å². The Morgan fingerprint density at radius 2 is 1.88 bits per heavy atom. The van der Waals surface area contributed by atoms with Gasteiger partial charge < -0.3 is 0 Å². The zero-order valence-electron chi connectivity index (χ0n) is 12.9. The first-order valence-corrected chi connectivity index (χ1v) is 8.02. The lowest BCUT2D eigenvalue weighted by Gasteiger charge is -2.13. The molecule has 0 atom stereocenters. The van der Waals surface area contributed by atoms with Crippen LogP contribution < -0.4 is 5.56 Å². The van der Waals surface area contributed by atoms with Gasteiger partial charge in [0.1, 0.15) is 0 Å². The van der Waals surface area contributed by atoms with Gasteiger partial charge in [-0.1, -0.05) is 23.2 Å². The third kappa shape index (κ3) is 2.12. The SMILES string of the molecule is Cc1ncccc1-n1c(=O)c2nn(C)cc2c2cc(Cl)c(Cl)cc21. The lowest BCUT2D eigenvalue weighted by atomic mass is 10.1. The Hall–Kier alpha value is -2.37. The number of benzene rings is 1. The zero-order chi connectivity index (χ0) is 17.0. The topological polar surface area (TPSA) is 52.7 Å². The van der Waals surface area contributed by atoms with Crippen molar-refractivity contribution >= 4 is 45.0 Å². The maximum absolute atomic E-state index is 13.1. The Labute approximate surface area is 147 Å². The molecule has 0 saturated carbocycles. The highest BCUT2D eigenvalue weighted by molar-refractivity contribution is 6.43. The van der Waals surface area contributed by atoms with Crippen molar-refractivity contribution in [1.29, 1.82) is 0 Å². The van der Waals surface area contributed by atoms with Crippen molar-refractivity contribution in [2.24, 2.45) is 7.05 Å². The first-order valence-electron chi connectivity index (χ1n) is 7.26. The fourth-order valence-corrected chi connectivity index (χ4v) is 3.27. The molecule has 4 aromatic rings. The van der Waals surface area contributed by atoms with Crippen LogP contribution in [0.25, 0.3) is 27.5 Å². The van der Waals surface area contributed by atoms with E-state index in [1.807, 2.05) is 19.2 Å². The van der Waals surface area contributed by atoms with Crippen LogP contribution in [0.4, 0.5) is 0 Å². The van der Waals surface area contributed by atoms with Crippen LogP contribution in [0.1, 0.15) is 5.69 Å². The predicted molar refractivity (Wildman–Crippen MR) is 96.4 cm³/mol. The number of hydrogen-bond donors (Lipinski definition) is 0. The second-order valence-corrected chi connectivity index (χ2v) is 6.41. The van der Waals surface area contributed by atoms with Gasteiger partial charge in [0.25, 0.3) is 5.56 Å². The molecule has 120 valence electrons. The molecule has 3 aromatic heterocycles. The van der Waals surface area contributed by atoms with E-state index in [1.54, 1.807) is 40.7 Å². The van der Waals surface area contributed by atoms with E-state index in [0.717, 1.165) is 16.5 Å². The second kappa shape index (κ2) is 5.33. The van der Waals surface area contributed by atoms with Crippen LogP contribution in [0, 0.1) is 6.92 Å². The molecule has 0 aliphatic carbocycles. The number of hydrogen-bond acceptors (Lipinski definition) is 3. The summed E-state index contributed by atoms with van der Waals surface area (Å²) in [5, 5.41) is 6.70. The van der Waals surface area contributed by atoms with Crippen molar-refractivity contribution in [3.05, 3.63) is 62.8 Å². The van der Waals surface area contributed by atoms with Gasteiger partial charge in [-0.3, -0.25) is 19.0 Å². The summed E-state index contributed by atoms with van der Waals surface area (Å²) in [6.07, 6.45) is 3.50. The minimum atomic E-state index is -0.215. The van der Waals surface area contributed by atoms with E-state index in [-0.39, 0.29) is 5.56 Å². The molecule has 3 heterocycles. The number of nitrogens with zero attached hydrogens (tertiary/aromatic N) is 4. The van der Waals surface area contributed by atoms with Crippen LogP contribution >= 0.6 is 23.2 Å². The third-order valence-electron chi connectivity index (χ3n) is 4.02. The summed E-state index contributed by atoms with van der Waals surface area (Å²) in [5.74, 6) is 0. The first-order chi connectivity index (χ1) is 11.5. The normalized spacial score (nSPS) is 11.5. The Morgan fingerprint density at radius 1 is 1.12 bits per heavy atom. The van der Waals surface area contributed by atoms with Gasteiger partial charge in [-0.15, -0.1) is 0 Å². The Kier molecular flexibility index (Phi) is 3.37. The Balaban J connectivity index is 2.31. The fraction of sp³-hybridized carbons (Fsp3) is 0.118. The monoisotopic (exact) mass is 358 g/mol. The van der Waals surface area contributed by atoms with Crippen molar-refractivity contribution in [2.75, 3.05) is 0 Å². The Morgan fingerprint density at radius 3 is 2.62 bits per heavy atom. The molecular weight excluding hydrogens is 347 g/mol. The fourth-order valence-electron chi connectivity index (χ4n) is 2.95. The van der Waals surface area contributed by atoms with Crippen LogP contribution in [0.3, 0.4) is 0 Å². The number of aryl methyl sites for hydroxylation is 2. The van der Waals surface area contributed by atoms with E-state index in [2.05, 4.69) is 10.1 Å². The number of rotatable bonds is 1. The summed E-state index contributed by atoms with van der Waals surface area (Å²) < 4.78 is 3.21. The molecule has 0 spiro atoms. The van der Waals surface area contributed by atoms with Gasteiger partial charge in [-0.2, -0.15) is 5.10 Å². The van der Waals surface area contributed by atoms with Gasteiger partial charge in [-0.05, 0) is 31.2 Å². The van der Waals surface area contributed by atoms with E-state index in [9.17, 15) is 4.79 Å². The average Bonchev–Trinajstić information content (AvgIpc) is 2.94. The van der Waals surface area contributed by atoms with Crippen LogP contribution in [-0.2, 0) is 7.05 Å². The molecule has 0 N–H and O–H groups in total. The maximum atomic E-state index is 13.1. The molecule has 1 aromatic carbocycles. The lowest BCUT2D eigenvalue weighted by Crippen LogP contribution is -2.20. The van der Waals surface area contributed by atoms with Gasteiger partial charge in [0.15, 0.2) is 5.52 Å². The van der Waals surface area contributed by atoms with Crippen molar-refractivity contribution in [2.45, 2.75) is 6.92 Å². The number of fused-ring (bicyclic) bond motifs is 3. The molecule has 5 nitrogen and oxygen atoms in total. The molecule has 0 saturated heterocycles. The summed E-state index contributed by atoms with van der Waals surface area (Å²) in [4.78, 5) is 17.4. The van der Waals surface area contributed by atoms with Gasteiger partial charge in [0.2, 0.25) is 0 Å². The molecule has 0 unspecified atom stereocenters. The highest BCUT2D eigenvalue weighted by Crippen LogP contribution is 2.32. The number of pyridine rings is 2. The molecule has 4 rings (SSSR count). The van der Waals surface area contributed by atoms with Crippen molar-refractivity contribution < 1.29 is 0 Å². The highest BCUT2D eigenvalue weighted by Gasteiger charge is 2.17. The minimum Gasteiger partial charge on any atom is -0.274 e. The smallest absolute Gasteiger partial charge is 0.274 e. The van der Waals surface area contributed by atoms with Crippen LogP contribution in [0.5, 0.6) is 0 Å². The third-order valence-corrected chi connectivity index (χ3v) is 4.75. The molecular formula is C17H12Cl2N4O. The number of halogens is 2. The van der Waals surface area contributed by atoms with Crippen LogP contribution in [0.15, 0.2) is 41.5 Å².